The first-order valence-corrected chi connectivity index (χ1v) is 4.57. The molecule has 0 spiro atoms. The smallest absolute Gasteiger partial charge is 0.307 e. The first-order valence-electron chi connectivity index (χ1n) is 4.57. The van der Waals surface area contributed by atoms with Crippen molar-refractivity contribution in [3.05, 3.63) is 29.3 Å². The minimum absolute atomic E-state index is 0.00954. The van der Waals surface area contributed by atoms with E-state index in [0.29, 0.717) is 12.4 Å². The van der Waals surface area contributed by atoms with Gasteiger partial charge in [0, 0.05) is 5.56 Å². The minimum Gasteiger partial charge on any atom is -0.494 e. The highest BCUT2D eigenvalue weighted by Crippen LogP contribution is 2.20. The molecule has 0 radical (unpaired) electrons. The van der Waals surface area contributed by atoms with Crippen LogP contribution in [0.25, 0.3) is 0 Å². The van der Waals surface area contributed by atoms with Gasteiger partial charge in [0.05, 0.1) is 13.0 Å². The molecule has 1 rings (SSSR count). The molecule has 3 heteroatoms. The molecule has 0 unspecified atom stereocenters. The highest BCUT2D eigenvalue weighted by molar-refractivity contribution is 5.71. The molecule has 0 bridgehead atoms. The number of benzene rings is 1. The van der Waals surface area contributed by atoms with Crippen molar-refractivity contribution in [3.8, 4) is 5.75 Å². The SMILES string of the molecule is CCOc1cc(C)ccc1CC(=O)O. The van der Waals surface area contributed by atoms with Gasteiger partial charge in [-0.25, -0.2) is 0 Å². The van der Waals surface area contributed by atoms with E-state index < -0.39 is 5.97 Å². The first kappa shape index (κ1) is 10.6. The van der Waals surface area contributed by atoms with E-state index in [0.717, 1.165) is 11.1 Å². The zero-order valence-electron chi connectivity index (χ0n) is 8.41. The van der Waals surface area contributed by atoms with Gasteiger partial charge >= 0.3 is 5.97 Å². The van der Waals surface area contributed by atoms with E-state index in [-0.39, 0.29) is 6.42 Å². The average Bonchev–Trinajstić information content (AvgIpc) is 2.09. The van der Waals surface area contributed by atoms with E-state index >= 15 is 0 Å². The lowest BCUT2D eigenvalue weighted by molar-refractivity contribution is -0.136. The predicted octanol–water partition coefficient (Wildman–Crippen LogP) is 2.02. The third kappa shape index (κ3) is 2.76. The quantitative estimate of drug-likeness (QED) is 0.797. The van der Waals surface area contributed by atoms with E-state index in [9.17, 15) is 4.79 Å². The summed E-state index contributed by atoms with van der Waals surface area (Å²) in [5.41, 5.74) is 1.80. The maximum Gasteiger partial charge on any atom is 0.307 e. The molecular weight excluding hydrogens is 180 g/mol. The van der Waals surface area contributed by atoms with Crippen LogP contribution in [0.15, 0.2) is 18.2 Å². The van der Waals surface area contributed by atoms with E-state index in [1.807, 2.05) is 26.0 Å². The maximum atomic E-state index is 10.6. The van der Waals surface area contributed by atoms with Crippen LogP contribution in [-0.2, 0) is 11.2 Å². The van der Waals surface area contributed by atoms with Gasteiger partial charge in [0.25, 0.3) is 0 Å². The van der Waals surface area contributed by atoms with Gasteiger partial charge in [-0.2, -0.15) is 0 Å². The summed E-state index contributed by atoms with van der Waals surface area (Å²) in [6.07, 6.45) is 0.00954. The van der Waals surface area contributed by atoms with Crippen LogP contribution in [0.5, 0.6) is 5.75 Å². The van der Waals surface area contributed by atoms with Crippen molar-refractivity contribution in [2.75, 3.05) is 6.61 Å². The average molecular weight is 194 g/mol. The van der Waals surface area contributed by atoms with E-state index in [1.54, 1.807) is 6.07 Å². The number of carbonyl (C=O) groups is 1. The lowest BCUT2D eigenvalue weighted by Crippen LogP contribution is -2.03. The number of hydrogen-bond acceptors (Lipinski definition) is 2. The number of aliphatic carboxylic acids is 1. The van der Waals surface area contributed by atoms with Crippen molar-refractivity contribution in [3.63, 3.8) is 0 Å². The summed E-state index contributed by atoms with van der Waals surface area (Å²) in [4.78, 5) is 10.6. The van der Waals surface area contributed by atoms with Gasteiger partial charge in [-0.3, -0.25) is 4.79 Å². The van der Waals surface area contributed by atoms with Crippen molar-refractivity contribution in [2.24, 2.45) is 0 Å². The largest absolute Gasteiger partial charge is 0.494 e. The van der Waals surface area contributed by atoms with Crippen LogP contribution in [0.4, 0.5) is 0 Å². The Morgan fingerprint density at radius 3 is 2.79 bits per heavy atom. The van der Waals surface area contributed by atoms with Gasteiger partial charge in [0.15, 0.2) is 0 Å². The molecule has 0 aromatic heterocycles. The summed E-state index contributed by atoms with van der Waals surface area (Å²) in [5.74, 6) is -0.162. The highest BCUT2D eigenvalue weighted by Gasteiger charge is 2.07. The van der Waals surface area contributed by atoms with Crippen LogP contribution in [-0.4, -0.2) is 17.7 Å². The van der Waals surface area contributed by atoms with Crippen molar-refractivity contribution in [1.29, 1.82) is 0 Å². The molecule has 0 aliphatic rings. The van der Waals surface area contributed by atoms with Crippen molar-refractivity contribution in [1.82, 2.24) is 0 Å². The van der Waals surface area contributed by atoms with E-state index in [4.69, 9.17) is 9.84 Å². The molecule has 1 aromatic carbocycles. The third-order valence-corrected chi connectivity index (χ3v) is 1.86. The topological polar surface area (TPSA) is 46.5 Å². The van der Waals surface area contributed by atoms with Crippen LogP contribution >= 0.6 is 0 Å². The van der Waals surface area contributed by atoms with Crippen LogP contribution < -0.4 is 4.74 Å². The minimum atomic E-state index is -0.838. The Labute approximate surface area is 83.3 Å². The zero-order valence-corrected chi connectivity index (χ0v) is 8.41. The molecule has 3 nitrogen and oxygen atoms in total. The second kappa shape index (κ2) is 4.65. The molecule has 14 heavy (non-hydrogen) atoms. The van der Waals surface area contributed by atoms with Gasteiger partial charge in [-0.05, 0) is 25.5 Å². The number of aryl methyl sites for hydroxylation is 1. The summed E-state index contributed by atoms with van der Waals surface area (Å²) in [6, 6.07) is 5.55. The Hall–Kier alpha value is -1.51. The molecule has 0 fully saturated rings. The molecule has 0 aliphatic carbocycles. The second-order valence-electron chi connectivity index (χ2n) is 3.11. The summed E-state index contributed by atoms with van der Waals surface area (Å²) in [5, 5.41) is 8.67. The van der Waals surface area contributed by atoms with Crippen LogP contribution in [0.1, 0.15) is 18.1 Å². The fraction of sp³-hybridized carbons (Fsp3) is 0.364. The van der Waals surface area contributed by atoms with E-state index in [1.165, 1.54) is 0 Å². The summed E-state index contributed by atoms with van der Waals surface area (Å²) in [7, 11) is 0. The maximum absolute atomic E-state index is 10.6. The number of carboxylic acids is 1. The highest BCUT2D eigenvalue weighted by atomic mass is 16.5. The van der Waals surface area contributed by atoms with Crippen LogP contribution in [0.2, 0.25) is 0 Å². The van der Waals surface area contributed by atoms with Gasteiger partial charge in [-0.15, -0.1) is 0 Å². The Balaban J connectivity index is 2.95. The number of carboxylic acid groups (broad SMARTS) is 1. The number of rotatable bonds is 4. The number of hydrogen-bond donors (Lipinski definition) is 1. The predicted molar refractivity (Wildman–Crippen MR) is 53.7 cm³/mol. The molecule has 0 aliphatic heterocycles. The van der Waals surface area contributed by atoms with Gasteiger partial charge < -0.3 is 9.84 Å². The van der Waals surface area contributed by atoms with Gasteiger partial charge in [0.1, 0.15) is 5.75 Å². The Morgan fingerprint density at radius 2 is 2.21 bits per heavy atom. The Bertz CT molecular complexity index is 331. The fourth-order valence-electron chi connectivity index (χ4n) is 1.26. The van der Waals surface area contributed by atoms with Gasteiger partial charge in [-0.1, -0.05) is 12.1 Å². The van der Waals surface area contributed by atoms with E-state index in [2.05, 4.69) is 0 Å². The molecule has 0 atom stereocenters. The van der Waals surface area contributed by atoms with Gasteiger partial charge in [0.2, 0.25) is 0 Å². The first-order chi connectivity index (χ1) is 6.63. The molecule has 1 aromatic rings. The molecule has 0 amide bonds. The molecular formula is C11H14O3. The van der Waals surface area contributed by atoms with Crippen molar-refractivity contribution in [2.45, 2.75) is 20.3 Å². The molecule has 0 saturated carbocycles. The molecule has 0 saturated heterocycles. The third-order valence-electron chi connectivity index (χ3n) is 1.86. The Morgan fingerprint density at radius 1 is 1.50 bits per heavy atom. The second-order valence-corrected chi connectivity index (χ2v) is 3.11. The molecule has 76 valence electrons. The van der Waals surface area contributed by atoms with Crippen molar-refractivity contribution < 1.29 is 14.6 Å². The summed E-state index contributed by atoms with van der Waals surface area (Å²) in [6.45, 7) is 4.38. The summed E-state index contributed by atoms with van der Waals surface area (Å²) >= 11 is 0. The summed E-state index contributed by atoms with van der Waals surface area (Å²) < 4.78 is 5.36. The fourth-order valence-corrected chi connectivity index (χ4v) is 1.26. The normalized spacial score (nSPS) is 9.86. The van der Waals surface area contributed by atoms with Crippen LogP contribution in [0, 0.1) is 6.92 Å². The molecule has 1 N–H and O–H groups in total. The van der Waals surface area contributed by atoms with Crippen molar-refractivity contribution >= 4 is 5.97 Å². The molecule has 0 heterocycles. The monoisotopic (exact) mass is 194 g/mol. The van der Waals surface area contributed by atoms with Crippen LogP contribution in [0.3, 0.4) is 0 Å². The standard InChI is InChI=1S/C11H14O3/c1-3-14-10-6-8(2)4-5-9(10)7-11(12)13/h4-6H,3,7H2,1-2H3,(H,12,13). The lowest BCUT2D eigenvalue weighted by atomic mass is 10.1. The number of ether oxygens (including phenoxy) is 1. The lowest BCUT2D eigenvalue weighted by Gasteiger charge is -2.09. The Kier molecular flexibility index (Phi) is 3.51. The zero-order chi connectivity index (χ0) is 10.6.